The van der Waals surface area contributed by atoms with Crippen molar-refractivity contribution in [2.24, 2.45) is 0 Å². The fourth-order valence-electron chi connectivity index (χ4n) is 0. The summed E-state index contributed by atoms with van der Waals surface area (Å²) in [5, 5.41) is 17.6. The normalized spacial score (nSPS) is 4.00. The summed E-state index contributed by atoms with van der Waals surface area (Å²) in [6, 6.07) is 0. The summed E-state index contributed by atoms with van der Waals surface area (Å²) in [6.07, 6.45) is 0. The maximum Gasteiger partial charge on any atom is 1.00 e. The number of rotatable bonds is 0. The van der Waals surface area contributed by atoms with E-state index in [1.165, 1.54) is 0 Å². The molecule has 0 N–H and O–H groups in total. The molecular weight excluding hydrogens is 86.0 g/mol. The van der Waals surface area contributed by atoms with E-state index in [-0.39, 0.29) is 48.4 Å². The molecule has 0 amide bonds. The molecule has 0 aliphatic carbocycles. The summed E-state index contributed by atoms with van der Waals surface area (Å²) < 4.78 is 0. The molecule has 0 radical (unpaired) electrons. The molecule has 0 unspecified atom stereocenters. The predicted octanol–water partition coefficient (Wildman–Crippen LogP) is -7.81. The average Bonchev–Trinajstić information content (AvgIpc) is 0.811. The van der Waals surface area contributed by atoms with Gasteiger partial charge in [-0.2, -0.15) is 0 Å². The molecular formula is C2H2LiNaO2. The zero-order valence-corrected chi connectivity index (χ0v) is 6.02. The second-order valence-corrected chi connectivity index (χ2v) is 0.372. The molecule has 0 saturated carbocycles. The van der Waals surface area contributed by atoms with Crippen LogP contribution < -0.4 is 58.6 Å². The summed E-state index contributed by atoms with van der Waals surface area (Å²) in [6.45, 7) is 2.44. The molecule has 24 valence electrons. The third-order valence-electron chi connectivity index (χ3n) is 0. The van der Waals surface area contributed by atoms with Crippen LogP contribution in [0.1, 0.15) is 0 Å². The van der Waals surface area contributed by atoms with Crippen LogP contribution in [0.5, 0.6) is 0 Å². The van der Waals surface area contributed by atoms with E-state index in [1.807, 2.05) is 0 Å². The molecule has 2 nitrogen and oxygen atoms in total. The topological polar surface area (TPSA) is 46.1 Å². The third kappa shape index (κ3) is 87.1. The Labute approximate surface area is 70.7 Å². The summed E-state index contributed by atoms with van der Waals surface area (Å²) in [4.78, 5) is 0. The smallest absolute Gasteiger partial charge is 0.884 e. The molecule has 0 aromatic carbocycles. The van der Waals surface area contributed by atoms with Gasteiger partial charge in [-0.1, -0.05) is 0 Å². The van der Waals surface area contributed by atoms with Gasteiger partial charge in [-0.25, -0.2) is 5.95 Å². The van der Waals surface area contributed by atoms with Crippen molar-refractivity contribution in [2.45, 2.75) is 0 Å². The number of hydrogen-bond donors (Lipinski definition) is 0. The molecule has 0 heterocycles. The summed E-state index contributed by atoms with van der Waals surface area (Å²) in [5.41, 5.74) is 0. The van der Waals surface area contributed by atoms with Gasteiger partial charge < -0.3 is 10.2 Å². The zero-order valence-electron chi connectivity index (χ0n) is 4.02. The molecule has 0 aliphatic heterocycles. The van der Waals surface area contributed by atoms with Crippen molar-refractivity contribution >= 4 is 0 Å². The Morgan fingerprint density at radius 1 is 1.33 bits per heavy atom. The Bertz CT molecular complexity index is 34.5. The fourth-order valence-corrected chi connectivity index (χ4v) is 0. The zero-order chi connectivity index (χ0) is 3.58. The van der Waals surface area contributed by atoms with Gasteiger partial charge >= 0.3 is 48.4 Å². The minimum absolute atomic E-state index is 0. The van der Waals surface area contributed by atoms with Gasteiger partial charge in [0, 0.05) is 0 Å². The Kier molecular flexibility index (Phi) is 24.5. The Morgan fingerprint density at radius 3 is 1.33 bits per heavy atom. The van der Waals surface area contributed by atoms with Gasteiger partial charge in [0.15, 0.2) is 0 Å². The second-order valence-electron chi connectivity index (χ2n) is 0.372. The van der Waals surface area contributed by atoms with Crippen LogP contribution in [0.25, 0.3) is 0 Å². The predicted molar refractivity (Wildman–Crippen MR) is 9.14 cm³/mol. The van der Waals surface area contributed by atoms with E-state index < -0.39 is 5.95 Å². The van der Waals surface area contributed by atoms with Crippen molar-refractivity contribution in [3.63, 3.8) is 0 Å². The van der Waals surface area contributed by atoms with Crippen molar-refractivity contribution in [3.05, 3.63) is 12.5 Å². The van der Waals surface area contributed by atoms with E-state index in [1.54, 1.807) is 0 Å². The largest absolute Gasteiger partial charge is 1.00 e. The maximum absolute atomic E-state index is 8.78. The first-order valence-electron chi connectivity index (χ1n) is 0.762. The van der Waals surface area contributed by atoms with Gasteiger partial charge in [0.1, 0.15) is 0 Å². The first-order valence-corrected chi connectivity index (χ1v) is 0.762. The van der Waals surface area contributed by atoms with Crippen LogP contribution in [0, 0.1) is 0 Å². The molecule has 0 atom stereocenters. The molecule has 4 heteroatoms. The van der Waals surface area contributed by atoms with Crippen LogP contribution in [0.15, 0.2) is 12.5 Å². The van der Waals surface area contributed by atoms with Crippen LogP contribution in [0.2, 0.25) is 0 Å². The standard InChI is InChI=1S/C2H4O2.Li.Na/c1-2(3)4;;/h3-4H,1H2;;/q;2*+1/p-2. The number of hydrogen-bond acceptors (Lipinski definition) is 2. The average molecular weight is 88.0 g/mol. The monoisotopic (exact) mass is 88.0 g/mol. The molecule has 6 heavy (non-hydrogen) atoms. The minimum atomic E-state index is -1.33. The van der Waals surface area contributed by atoms with Gasteiger partial charge in [0.2, 0.25) is 0 Å². The fraction of sp³-hybridized carbons (Fsp3) is 0. The minimum Gasteiger partial charge on any atom is -0.884 e. The van der Waals surface area contributed by atoms with Crippen molar-refractivity contribution < 1.29 is 58.6 Å². The molecule has 0 bridgehead atoms. The van der Waals surface area contributed by atoms with E-state index in [2.05, 4.69) is 6.58 Å². The van der Waals surface area contributed by atoms with Crippen molar-refractivity contribution in [3.8, 4) is 0 Å². The summed E-state index contributed by atoms with van der Waals surface area (Å²) in [7, 11) is 0. The quantitative estimate of drug-likeness (QED) is 0.218. The first-order chi connectivity index (χ1) is 1.73. The van der Waals surface area contributed by atoms with Crippen LogP contribution in [0.3, 0.4) is 0 Å². The van der Waals surface area contributed by atoms with Gasteiger partial charge in [-0.05, 0) is 0 Å². The molecule has 0 aliphatic rings. The van der Waals surface area contributed by atoms with Crippen molar-refractivity contribution in [1.29, 1.82) is 0 Å². The van der Waals surface area contributed by atoms with Crippen LogP contribution in [0.4, 0.5) is 0 Å². The van der Waals surface area contributed by atoms with Crippen LogP contribution in [-0.4, -0.2) is 0 Å². The van der Waals surface area contributed by atoms with E-state index in [4.69, 9.17) is 10.2 Å². The third-order valence-corrected chi connectivity index (χ3v) is 0. The second kappa shape index (κ2) is 9.34. The summed E-state index contributed by atoms with van der Waals surface area (Å²) in [5.74, 6) is -1.33. The Morgan fingerprint density at radius 2 is 1.33 bits per heavy atom. The van der Waals surface area contributed by atoms with Gasteiger partial charge in [0.25, 0.3) is 0 Å². The maximum atomic E-state index is 8.78. The molecule has 0 rings (SSSR count). The molecule has 0 spiro atoms. The van der Waals surface area contributed by atoms with Gasteiger partial charge in [0.05, 0.1) is 0 Å². The molecule has 0 aromatic rings. The SMILES string of the molecule is C=C([O-])[O-].[Li+].[Na+]. The molecule has 0 aromatic heterocycles. The van der Waals surface area contributed by atoms with E-state index in [9.17, 15) is 0 Å². The molecule has 0 fully saturated rings. The van der Waals surface area contributed by atoms with Crippen molar-refractivity contribution in [1.82, 2.24) is 0 Å². The van der Waals surface area contributed by atoms with Gasteiger partial charge in [-0.3, -0.25) is 0 Å². The summed E-state index contributed by atoms with van der Waals surface area (Å²) >= 11 is 0. The van der Waals surface area contributed by atoms with E-state index in [0.29, 0.717) is 0 Å². The van der Waals surface area contributed by atoms with Crippen LogP contribution in [-0.2, 0) is 0 Å². The Hall–Kier alpha value is 0.937. The molecule has 0 saturated heterocycles. The first kappa shape index (κ1) is 15.8. The van der Waals surface area contributed by atoms with E-state index >= 15 is 0 Å². The van der Waals surface area contributed by atoms with Gasteiger partial charge in [-0.15, -0.1) is 6.58 Å². The Balaban J connectivity index is -0.0000000450. The van der Waals surface area contributed by atoms with Crippen LogP contribution >= 0.6 is 0 Å². The van der Waals surface area contributed by atoms with E-state index in [0.717, 1.165) is 0 Å². The van der Waals surface area contributed by atoms with Crippen molar-refractivity contribution in [2.75, 3.05) is 0 Å².